The number of likely N-dealkylation sites (tertiary alicyclic amines) is 1. The lowest BCUT2D eigenvalue weighted by Crippen LogP contribution is -2.84. The number of carbonyl (C=O) groups is 4. The first kappa shape index (κ1) is 26.0. The Morgan fingerprint density at radius 2 is 1.84 bits per heavy atom. The Balaban J connectivity index is 1.02. The molecular weight excluding hydrogens is 517 g/mol. The van der Waals surface area contributed by atoms with E-state index < -0.39 is 23.0 Å². The molecule has 0 atom stereocenters. The third-order valence-electron chi connectivity index (χ3n) is 7.53. The number of benzene rings is 2. The number of nitrogens with one attached hydrogen (secondary N) is 1. The highest BCUT2D eigenvalue weighted by molar-refractivity contribution is 6.30. The summed E-state index contributed by atoms with van der Waals surface area (Å²) in [5.74, 6) is -1.22. The molecule has 11 heteroatoms. The fourth-order valence-corrected chi connectivity index (χ4v) is 5.59. The van der Waals surface area contributed by atoms with Crippen LogP contribution >= 0.6 is 11.6 Å². The van der Waals surface area contributed by atoms with Crippen molar-refractivity contribution in [3.63, 3.8) is 0 Å². The Hall–Kier alpha value is -3.66. The molecule has 38 heavy (non-hydrogen) atoms. The summed E-state index contributed by atoms with van der Waals surface area (Å²) < 4.78 is 24.1. The van der Waals surface area contributed by atoms with Crippen LogP contribution in [0.4, 0.5) is 9.18 Å². The first-order chi connectivity index (χ1) is 18.2. The highest BCUT2D eigenvalue weighted by Crippen LogP contribution is 2.63. The predicted molar refractivity (Wildman–Crippen MR) is 134 cm³/mol. The van der Waals surface area contributed by atoms with E-state index in [4.69, 9.17) is 21.1 Å². The van der Waals surface area contributed by atoms with Gasteiger partial charge in [0, 0.05) is 30.2 Å². The molecule has 2 aromatic carbocycles. The van der Waals surface area contributed by atoms with Crippen molar-refractivity contribution in [1.82, 2.24) is 15.1 Å². The number of hydrogen-bond donors (Lipinski definition) is 1. The van der Waals surface area contributed by atoms with E-state index in [1.807, 2.05) is 30.3 Å². The summed E-state index contributed by atoms with van der Waals surface area (Å²) in [4.78, 5) is 52.1. The average molecular weight is 544 g/mol. The van der Waals surface area contributed by atoms with Gasteiger partial charge in [-0.3, -0.25) is 14.4 Å². The molecule has 3 saturated carbocycles. The molecule has 4 fully saturated rings. The summed E-state index contributed by atoms with van der Waals surface area (Å²) in [6.45, 7) is 0.391. The van der Waals surface area contributed by atoms with Gasteiger partial charge in [0.2, 0.25) is 6.41 Å². The Bertz CT molecular complexity index is 1230. The highest BCUT2D eigenvalue weighted by atomic mass is 35.5. The van der Waals surface area contributed by atoms with E-state index >= 15 is 0 Å². The number of ether oxygens (including phenoxy) is 2. The van der Waals surface area contributed by atoms with Crippen LogP contribution in [0.5, 0.6) is 5.75 Å². The summed E-state index contributed by atoms with van der Waals surface area (Å²) >= 11 is 5.64. The van der Waals surface area contributed by atoms with Gasteiger partial charge < -0.3 is 24.6 Å². The van der Waals surface area contributed by atoms with E-state index in [0.29, 0.717) is 25.7 Å². The van der Waals surface area contributed by atoms with Gasteiger partial charge in [0.25, 0.3) is 5.91 Å². The summed E-state index contributed by atoms with van der Waals surface area (Å²) in [6.07, 6.45) is 1.88. The van der Waals surface area contributed by atoms with Gasteiger partial charge in [-0.25, -0.2) is 9.18 Å². The van der Waals surface area contributed by atoms with Gasteiger partial charge in [-0.2, -0.15) is 0 Å². The van der Waals surface area contributed by atoms with Crippen LogP contribution in [0.2, 0.25) is 5.02 Å². The molecule has 1 N–H and O–H groups in total. The van der Waals surface area contributed by atoms with Gasteiger partial charge in [-0.05, 0) is 37.0 Å². The smallest absolute Gasteiger partial charge is 0.410 e. The highest BCUT2D eigenvalue weighted by Gasteiger charge is 2.71. The van der Waals surface area contributed by atoms with Gasteiger partial charge in [-0.15, -0.1) is 0 Å². The fourth-order valence-electron chi connectivity index (χ4n) is 5.47. The minimum atomic E-state index is -0.632. The average Bonchev–Trinajstić information content (AvgIpc) is 2.83. The first-order valence-corrected chi connectivity index (χ1v) is 12.7. The number of hydrogen-bond acceptors (Lipinski definition) is 6. The molecule has 1 aliphatic heterocycles. The van der Waals surface area contributed by atoms with Crippen LogP contribution in [0.1, 0.15) is 24.8 Å². The minimum absolute atomic E-state index is 0.0314. The molecule has 4 aliphatic rings. The van der Waals surface area contributed by atoms with Gasteiger partial charge in [-0.1, -0.05) is 41.9 Å². The second kappa shape index (κ2) is 10.2. The minimum Gasteiger partial charge on any atom is -0.484 e. The topological polar surface area (TPSA) is 105 Å². The third-order valence-corrected chi connectivity index (χ3v) is 7.84. The maximum absolute atomic E-state index is 13.5. The fraction of sp³-hybridized carbons (Fsp3) is 0.407. The van der Waals surface area contributed by atoms with Crippen molar-refractivity contribution in [2.75, 3.05) is 26.2 Å². The van der Waals surface area contributed by atoms with Crippen molar-refractivity contribution >= 4 is 35.8 Å². The Morgan fingerprint density at radius 1 is 1.13 bits per heavy atom. The van der Waals surface area contributed by atoms with E-state index in [1.165, 1.54) is 21.9 Å². The summed E-state index contributed by atoms with van der Waals surface area (Å²) in [7, 11) is 0. The van der Waals surface area contributed by atoms with Gasteiger partial charge >= 0.3 is 6.09 Å². The Morgan fingerprint density at radius 3 is 2.50 bits per heavy atom. The molecule has 0 aromatic heterocycles. The molecule has 0 radical (unpaired) electrons. The van der Waals surface area contributed by atoms with E-state index in [9.17, 15) is 23.6 Å². The lowest BCUT2D eigenvalue weighted by Gasteiger charge is -2.72. The Kier molecular flexibility index (Phi) is 7.00. The van der Waals surface area contributed by atoms with Crippen LogP contribution in [-0.4, -0.2) is 71.3 Å². The van der Waals surface area contributed by atoms with Crippen molar-refractivity contribution in [3.8, 4) is 5.75 Å². The maximum atomic E-state index is 13.5. The van der Waals surface area contributed by atoms with E-state index in [1.54, 1.807) is 0 Å². The zero-order valence-corrected chi connectivity index (χ0v) is 21.3. The summed E-state index contributed by atoms with van der Waals surface area (Å²) in [5.41, 5.74) is 0.0157. The maximum Gasteiger partial charge on any atom is 0.410 e. The van der Waals surface area contributed by atoms with Crippen molar-refractivity contribution in [3.05, 3.63) is 64.9 Å². The Labute approximate surface area is 223 Å². The molecule has 2 bridgehead atoms. The zero-order chi connectivity index (χ0) is 26.9. The number of ketones is 1. The predicted octanol–water partition coefficient (Wildman–Crippen LogP) is 2.95. The largest absolute Gasteiger partial charge is 0.484 e. The monoisotopic (exact) mass is 543 g/mol. The third kappa shape index (κ3) is 5.18. The zero-order valence-electron chi connectivity index (χ0n) is 20.5. The lowest BCUT2D eigenvalue weighted by molar-refractivity contribution is -0.186. The van der Waals surface area contributed by atoms with Gasteiger partial charge in [0.1, 0.15) is 18.2 Å². The molecule has 0 spiro atoms. The van der Waals surface area contributed by atoms with Gasteiger partial charge in [0.15, 0.2) is 12.4 Å². The van der Waals surface area contributed by atoms with E-state index in [-0.39, 0.29) is 61.2 Å². The molecule has 3 aliphatic carbocycles. The molecule has 1 heterocycles. The lowest BCUT2D eigenvalue weighted by atomic mass is 9.43. The van der Waals surface area contributed by atoms with Crippen LogP contribution in [0.15, 0.2) is 48.5 Å². The van der Waals surface area contributed by atoms with Crippen LogP contribution < -0.4 is 10.1 Å². The second-order valence-corrected chi connectivity index (χ2v) is 10.7. The molecular formula is C27H27ClFN3O6. The molecule has 0 unspecified atom stereocenters. The molecule has 3 amide bonds. The van der Waals surface area contributed by atoms with Crippen molar-refractivity contribution in [2.24, 2.45) is 5.92 Å². The van der Waals surface area contributed by atoms with Crippen LogP contribution in [0.3, 0.4) is 0 Å². The molecule has 9 nitrogen and oxygen atoms in total. The van der Waals surface area contributed by atoms with E-state index in [2.05, 4.69) is 5.32 Å². The van der Waals surface area contributed by atoms with Crippen LogP contribution in [0.25, 0.3) is 0 Å². The van der Waals surface area contributed by atoms with Crippen LogP contribution in [0, 0.1) is 11.7 Å². The SMILES string of the molecule is O=CN(CC(=O)C1CN(C(=O)OCc2ccccc2)C1)C12CC(NC(=O)COc3ccc(Cl)c(F)c3)(C1)C2. The van der Waals surface area contributed by atoms with Crippen LogP contribution in [-0.2, 0) is 25.7 Å². The number of Topliss-reactive ketones (excluding diaryl/α,β-unsaturated/α-hetero) is 1. The van der Waals surface area contributed by atoms with Crippen molar-refractivity contribution < 1.29 is 33.0 Å². The standard InChI is InChI=1S/C27H27ClFN3O6/c28-21-7-6-20(8-22(21)29)37-13-24(35)30-26-14-27(15-26,16-26)32(17-33)11-23(34)19-9-31(10-19)25(36)38-12-18-4-2-1-3-5-18/h1-8,17,19H,9-16H2,(H,30,35). The number of carbonyl (C=O) groups excluding carboxylic acids is 4. The number of rotatable bonds is 11. The molecule has 1 saturated heterocycles. The second-order valence-electron chi connectivity index (χ2n) is 10.3. The number of halogens is 2. The molecule has 200 valence electrons. The summed E-state index contributed by atoms with van der Waals surface area (Å²) in [5, 5.41) is 2.90. The van der Waals surface area contributed by atoms with Crippen molar-refractivity contribution in [1.29, 1.82) is 0 Å². The van der Waals surface area contributed by atoms with E-state index in [0.717, 1.165) is 11.6 Å². The quantitative estimate of drug-likeness (QED) is 0.437. The first-order valence-electron chi connectivity index (χ1n) is 12.3. The molecule has 2 aromatic rings. The summed E-state index contributed by atoms with van der Waals surface area (Å²) in [6, 6.07) is 13.3. The molecule has 6 rings (SSSR count). The number of amides is 3. The number of nitrogens with zero attached hydrogens (tertiary/aromatic N) is 2. The van der Waals surface area contributed by atoms with Gasteiger partial charge in [0.05, 0.1) is 17.5 Å². The van der Waals surface area contributed by atoms with Crippen molar-refractivity contribution in [2.45, 2.75) is 36.9 Å². The normalized spacial score (nSPS) is 23.3.